The van der Waals surface area contributed by atoms with Gasteiger partial charge in [0.05, 0.1) is 30.8 Å². The molecule has 168 valence electrons. The van der Waals surface area contributed by atoms with Crippen LogP contribution in [0.1, 0.15) is 27.7 Å². The van der Waals surface area contributed by atoms with Crippen molar-refractivity contribution < 1.29 is 18.8 Å². The van der Waals surface area contributed by atoms with Crippen molar-refractivity contribution in [2.24, 2.45) is 0 Å². The molecule has 0 aliphatic carbocycles. The Morgan fingerprint density at radius 3 is 2.91 bits per heavy atom. The smallest absolute Gasteiger partial charge is 0.277 e. The number of ether oxygens (including phenoxy) is 1. The van der Waals surface area contributed by atoms with Crippen molar-refractivity contribution in [1.82, 2.24) is 25.0 Å². The predicted molar refractivity (Wildman–Crippen MR) is 119 cm³/mol. The van der Waals surface area contributed by atoms with Crippen LogP contribution in [0.25, 0.3) is 22.3 Å². The molecule has 1 aliphatic rings. The quantitative estimate of drug-likeness (QED) is 0.461. The summed E-state index contributed by atoms with van der Waals surface area (Å²) in [5.41, 5.74) is 8.89. The largest absolute Gasteiger partial charge is 0.493 e. The fourth-order valence-corrected chi connectivity index (χ4v) is 3.93. The maximum absolute atomic E-state index is 14.9. The van der Waals surface area contributed by atoms with Gasteiger partial charge in [-0.05, 0) is 48.4 Å². The van der Waals surface area contributed by atoms with Crippen LogP contribution in [-0.2, 0) is 11.3 Å². The van der Waals surface area contributed by atoms with Crippen LogP contribution in [0.4, 0.5) is 10.3 Å². The maximum atomic E-state index is 14.9. The minimum Gasteiger partial charge on any atom is -0.493 e. The summed E-state index contributed by atoms with van der Waals surface area (Å²) in [4.78, 5) is 33.2. The number of hydroxylamine groups is 2. The Bertz CT molecular complexity index is 1370. The van der Waals surface area contributed by atoms with E-state index in [0.717, 1.165) is 10.6 Å². The minimum absolute atomic E-state index is 0.114. The Morgan fingerprint density at radius 1 is 1.27 bits per heavy atom. The van der Waals surface area contributed by atoms with E-state index in [1.165, 1.54) is 19.4 Å². The topological polar surface area (TPSA) is 119 Å². The maximum Gasteiger partial charge on any atom is 0.277 e. The lowest BCUT2D eigenvalue weighted by atomic mass is 9.94. The number of H-pyrrole nitrogens is 1. The first-order valence-corrected chi connectivity index (χ1v) is 10.3. The number of nitrogens with zero attached hydrogens (tertiary/aromatic N) is 4. The summed E-state index contributed by atoms with van der Waals surface area (Å²) in [6.07, 6.45) is 2.11. The van der Waals surface area contributed by atoms with Crippen LogP contribution in [0.15, 0.2) is 42.6 Å². The molecule has 1 amide bonds. The molecule has 1 aliphatic heterocycles. The Balaban J connectivity index is 1.46. The van der Waals surface area contributed by atoms with Crippen LogP contribution in [0.3, 0.4) is 0 Å². The highest BCUT2D eigenvalue weighted by Crippen LogP contribution is 2.34. The van der Waals surface area contributed by atoms with E-state index in [2.05, 4.69) is 19.9 Å². The van der Waals surface area contributed by atoms with Gasteiger partial charge < -0.3 is 15.5 Å². The van der Waals surface area contributed by atoms with Gasteiger partial charge >= 0.3 is 0 Å². The third kappa shape index (κ3) is 3.85. The zero-order valence-corrected chi connectivity index (χ0v) is 18.0. The average Bonchev–Trinajstić information content (AvgIpc) is 3.27. The lowest BCUT2D eigenvalue weighted by Gasteiger charge is -2.24. The summed E-state index contributed by atoms with van der Waals surface area (Å²) in [7, 11) is 2.98. The van der Waals surface area contributed by atoms with E-state index >= 15 is 0 Å². The van der Waals surface area contributed by atoms with Crippen LogP contribution < -0.4 is 10.5 Å². The van der Waals surface area contributed by atoms with Gasteiger partial charge in [0.25, 0.3) is 5.91 Å². The molecule has 4 aromatic rings. The van der Waals surface area contributed by atoms with Gasteiger partial charge in [0, 0.05) is 24.4 Å². The van der Waals surface area contributed by atoms with Crippen molar-refractivity contribution in [2.45, 2.75) is 12.3 Å². The number of hydrogen-bond donors (Lipinski definition) is 2. The number of nitrogens with two attached hydrogens (primary N) is 1. The molecule has 3 heterocycles. The molecule has 0 bridgehead atoms. The molecule has 2 aromatic heterocycles. The highest BCUT2D eigenvalue weighted by molar-refractivity contribution is 5.93. The second kappa shape index (κ2) is 8.14. The third-order valence-electron chi connectivity index (χ3n) is 5.69. The number of fused-ring (bicyclic) bond motifs is 2. The fourth-order valence-electron chi connectivity index (χ4n) is 3.93. The first kappa shape index (κ1) is 20.8. The number of carbonyl (C=O) groups excluding carboxylic acids is 1. The highest BCUT2D eigenvalue weighted by Gasteiger charge is 2.26. The number of amides is 1. The van der Waals surface area contributed by atoms with E-state index in [9.17, 15) is 9.18 Å². The zero-order valence-electron chi connectivity index (χ0n) is 18.0. The van der Waals surface area contributed by atoms with E-state index in [0.29, 0.717) is 52.5 Å². The number of anilines is 1. The highest BCUT2D eigenvalue weighted by atomic mass is 19.1. The Morgan fingerprint density at radius 2 is 2.12 bits per heavy atom. The second-order valence-electron chi connectivity index (χ2n) is 7.79. The first-order valence-electron chi connectivity index (χ1n) is 10.3. The molecule has 0 fully saturated rings. The van der Waals surface area contributed by atoms with Crippen molar-refractivity contribution in [1.29, 1.82) is 0 Å². The Kier molecular flexibility index (Phi) is 5.14. The lowest BCUT2D eigenvalue weighted by Crippen LogP contribution is -2.26. The van der Waals surface area contributed by atoms with Crippen LogP contribution in [0.5, 0.6) is 5.75 Å². The number of aromatic nitrogens is 4. The molecule has 1 atom stereocenters. The Hall–Kier alpha value is -4.05. The molecule has 3 N–H and O–H groups in total. The van der Waals surface area contributed by atoms with E-state index < -0.39 is 5.82 Å². The molecule has 0 spiro atoms. The van der Waals surface area contributed by atoms with E-state index in [1.807, 2.05) is 0 Å². The number of carbonyl (C=O) groups is 1. The number of hydrogen-bond acceptors (Lipinski definition) is 7. The summed E-state index contributed by atoms with van der Waals surface area (Å²) in [5, 5.41) is 1.16. The molecule has 0 saturated heterocycles. The van der Waals surface area contributed by atoms with Crippen LogP contribution in [0, 0.1) is 5.82 Å². The number of nitrogen functional groups attached to an aromatic ring is 1. The van der Waals surface area contributed by atoms with Crippen molar-refractivity contribution >= 4 is 22.9 Å². The second-order valence-corrected chi connectivity index (χ2v) is 7.79. The molecule has 33 heavy (non-hydrogen) atoms. The van der Waals surface area contributed by atoms with Crippen LogP contribution >= 0.6 is 0 Å². The van der Waals surface area contributed by atoms with E-state index in [1.54, 1.807) is 37.4 Å². The van der Waals surface area contributed by atoms with Gasteiger partial charge in [0.1, 0.15) is 22.9 Å². The number of benzene rings is 2. The van der Waals surface area contributed by atoms with Gasteiger partial charge in [-0.3, -0.25) is 9.63 Å². The van der Waals surface area contributed by atoms with Gasteiger partial charge in [0.2, 0.25) is 5.95 Å². The van der Waals surface area contributed by atoms with Crippen LogP contribution in [-0.4, -0.2) is 51.7 Å². The summed E-state index contributed by atoms with van der Waals surface area (Å²) in [6, 6.07) is 10.1. The number of aromatic amines is 1. The van der Waals surface area contributed by atoms with Crippen molar-refractivity contribution in [2.75, 3.05) is 26.5 Å². The van der Waals surface area contributed by atoms with Gasteiger partial charge in [-0.15, -0.1) is 0 Å². The minimum atomic E-state index is -0.439. The molecular formula is C23H21FN6O3. The van der Waals surface area contributed by atoms with E-state index in [-0.39, 0.29) is 17.8 Å². The van der Waals surface area contributed by atoms with E-state index in [4.69, 9.17) is 15.3 Å². The summed E-state index contributed by atoms with van der Waals surface area (Å²) in [6.45, 7) is 0.384. The SMILES string of the molecule is CON(C)C(=O)c1ccc2c(c1)CC(c1nc3cc(-c4ccnc(N)n4)cc(F)c3[nH]1)CO2. The van der Waals surface area contributed by atoms with Crippen molar-refractivity contribution in [3.05, 3.63) is 65.4 Å². The predicted octanol–water partition coefficient (Wildman–Crippen LogP) is 3.09. The molecule has 5 rings (SSSR count). The standard InChI is InChI=1S/C23H21FN6O3/c1-30(32-2)22(31)12-3-4-19-14(7-12)8-15(11-33-19)21-27-18-10-13(9-16(24)20(18)29-21)17-5-6-26-23(25)28-17/h3-7,9-10,15H,8,11H2,1-2H3,(H,27,29)(H2,25,26,28). The average molecular weight is 448 g/mol. The van der Waals surface area contributed by atoms with Gasteiger partial charge in [-0.25, -0.2) is 24.4 Å². The molecule has 1 unspecified atom stereocenters. The first-order chi connectivity index (χ1) is 15.9. The molecule has 0 saturated carbocycles. The number of rotatable bonds is 4. The normalized spacial score (nSPS) is 15.2. The summed E-state index contributed by atoms with van der Waals surface area (Å²) >= 11 is 0. The Labute approximate surface area is 188 Å². The van der Waals surface area contributed by atoms with Crippen molar-refractivity contribution in [3.63, 3.8) is 0 Å². The fraction of sp³-hybridized carbons (Fsp3) is 0.217. The number of imidazole rings is 1. The van der Waals surface area contributed by atoms with Crippen molar-refractivity contribution in [3.8, 4) is 17.0 Å². The van der Waals surface area contributed by atoms with Gasteiger partial charge in [0.15, 0.2) is 0 Å². The monoisotopic (exact) mass is 448 g/mol. The summed E-state index contributed by atoms with van der Waals surface area (Å²) < 4.78 is 20.8. The van der Waals surface area contributed by atoms with Crippen LogP contribution in [0.2, 0.25) is 0 Å². The molecule has 0 radical (unpaired) electrons. The lowest BCUT2D eigenvalue weighted by molar-refractivity contribution is -0.0757. The molecule has 10 heteroatoms. The van der Waals surface area contributed by atoms with Gasteiger partial charge in [-0.1, -0.05) is 0 Å². The molecular weight excluding hydrogens is 427 g/mol. The zero-order chi connectivity index (χ0) is 23.1. The molecule has 2 aromatic carbocycles. The van der Waals surface area contributed by atoms with Gasteiger partial charge in [-0.2, -0.15) is 0 Å². The summed E-state index contributed by atoms with van der Waals surface area (Å²) in [5.74, 6) is 0.613. The number of nitrogens with one attached hydrogen (secondary N) is 1. The third-order valence-corrected chi connectivity index (χ3v) is 5.69. The molecule has 9 nitrogen and oxygen atoms in total. The number of halogens is 1.